The molecule has 0 spiro atoms. The van der Waals surface area contributed by atoms with Crippen molar-refractivity contribution in [1.82, 2.24) is 14.6 Å². The Hall–Kier alpha value is -3.39. The molecule has 1 N–H and O–H groups in total. The number of aromatic nitrogens is 3. The molecule has 1 amide bonds. The Morgan fingerprint density at radius 2 is 1.90 bits per heavy atom. The summed E-state index contributed by atoms with van der Waals surface area (Å²) >= 11 is 1.36. The van der Waals surface area contributed by atoms with Crippen LogP contribution in [0.5, 0.6) is 5.75 Å². The van der Waals surface area contributed by atoms with Crippen LogP contribution >= 0.6 is 11.8 Å². The molecule has 0 aliphatic rings. The Labute approximate surface area is 177 Å². The second-order valence-corrected chi connectivity index (χ2v) is 7.60. The summed E-state index contributed by atoms with van der Waals surface area (Å²) in [6.45, 7) is 1.91. The number of thioether (sulfide) groups is 1. The van der Waals surface area contributed by atoms with E-state index in [0.29, 0.717) is 5.69 Å². The van der Waals surface area contributed by atoms with Crippen molar-refractivity contribution in [1.29, 1.82) is 0 Å². The van der Waals surface area contributed by atoms with Gasteiger partial charge in [-0.05, 0) is 55.0 Å². The van der Waals surface area contributed by atoms with E-state index >= 15 is 0 Å². The predicted molar refractivity (Wildman–Crippen MR) is 115 cm³/mol. The molecular formula is C22H19FN4O2S. The summed E-state index contributed by atoms with van der Waals surface area (Å²) in [5, 5.41) is 8.05. The van der Waals surface area contributed by atoms with Gasteiger partial charge in [-0.1, -0.05) is 23.9 Å². The number of fused-ring (bicyclic) bond motifs is 1. The Kier molecular flexibility index (Phi) is 5.67. The van der Waals surface area contributed by atoms with Gasteiger partial charge in [-0.25, -0.2) is 13.9 Å². The molecule has 152 valence electrons. The molecule has 0 saturated heterocycles. The summed E-state index contributed by atoms with van der Waals surface area (Å²) in [6.07, 6.45) is 1.77. The van der Waals surface area contributed by atoms with Crippen LogP contribution in [0.15, 0.2) is 65.8 Å². The van der Waals surface area contributed by atoms with E-state index in [2.05, 4.69) is 15.4 Å². The number of hydrogen-bond acceptors (Lipinski definition) is 5. The van der Waals surface area contributed by atoms with E-state index < -0.39 is 0 Å². The molecule has 0 radical (unpaired) electrons. The van der Waals surface area contributed by atoms with Gasteiger partial charge in [-0.2, -0.15) is 5.10 Å². The summed E-state index contributed by atoms with van der Waals surface area (Å²) in [5.74, 6) is 0.441. The van der Waals surface area contributed by atoms with E-state index in [0.717, 1.165) is 33.2 Å². The lowest BCUT2D eigenvalue weighted by molar-refractivity contribution is -0.113. The summed E-state index contributed by atoms with van der Waals surface area (Å²) in [7, 11) is 1.63. The standard InChI is InChI=1S/C22H19FN4O2S/c1-14-11-21(30-13-20(28)26-17-7-5-16(23)6-8-17)27-22(25-14)19(12-24-27)15-3-9-18(29-2)10-4-15/h3-12H,13H2,1-2H3,(H,26,28). The van der Waals surface area contributed by atoms with Gasteiger partial charge in [0.25, 0.3) is 0 Å². The molecule has 0 saturated carbocycles. The quantitative estimate of drug-likeness (QED) is 0.364. The average molecular weight is 422 g/mol. The fourth-order valence-electron chi connectivity index (χ4n) is 3.00. The van der Waals surface area contributed by atoms with Crippen LogP contribution in [0.1, 0.15) is 5.69 Å². The topological polar surface area (TPSA) is 68.5 Å². The zero-order valence-corrected chi connectivity index (χ0v) is 17.2. The molecular weight excluding hydrogens is 403 g/mol. The fourth-order valence-corrected chi connectivity index (χ4v) is 3.86. The summed E-state index contributed by atoms with van der Waals surface area (Å²) in [6, 6.07) is 15.3. The number of ether oxygens (including phenoxy) is 1. The largest absolute Gasteiger partial charge is 0.497 e. The normalized spacial score (nSPS) is 10.9. The molecule has 4 aromatic rings. The first-order valence-electron chi connectivity index (χ1n) is 9.21. The van der Waals surface area contributed by atoms with Crippen molar-refractivity contribution in [3.05, 3.63) is 72.3 Å². The van der Waals surface area contributed by atoms with E-state index in [1.54, 1.807) is 17.8 Å². The Morgan fingerprint density at radius 3 is 2.60 bits per heavy atom. The van der Waals surface area contributed by atoms with Gasteiger partial charge in [0.1, 0.15) is 16.6 Å². The van der Waals surface area contributed by atoms with Gasteiger partial charge in [0.05, 0.1) is 19.1 Å². The summed E-state index contributed by atoms with van der Waals surface area (Å²) < 4.78 is 20.0. The lowest BCUT2D eigenvalue weighted by Gasteiger charge is -2.08. The monoisotopic (exact) mass is 422 g/mol. The maximum Gasteiger partial charge on any atom is 0.234 e. The van der Waals surface area contributed by atoms with Gasteiger partial charge < -0.3 is 10.1 Å². The summed E-state index contributed by atoms with van der Waals surface area (Å²) in [5.41, 5.74) is 3.99. The fraction of sp³-hybridized carbons (Fsp3) is 0.136. The Bertz CT molecular complexity index is 1190. The molecule has 0 unspecified atom stereocenters. The second-order valence-electron chi connectivity index (χ2n) is 6.60. The highest BCUT2D eigenvalue weighted by Crippen LogP contribution is 2.29. The lowest BCUT2D eigenvalue weighted by Crippen LogP contribution is -2.14. The number of anilines is 1. The van der Waals surface area contributed by atoms with Crippen LogP contribution in [-0.2, 0) is 4.79 Å². The van der Waals surface area contributed by atoms with Crippen LogP contribution in [0.4, 0.5) is 10.1 Å². The van der Waals surface area contributed by atoms with E-state index in [-0.39, 0.29) is 17.5 Å². The molecule has 0 fully saturated rings. The molecule has 2 aromatic carbocycles. The zero-order valence-electron chi connectivity index (χ0n) is 16.4. The lowest BCUT2D eigenvalue weighted by atomic mass is 10.1. The van der Waals surface area contributed by atoms with Crippen molar-refractivity contribution < 1.29 is 13.9 Å². The van der Waals surface area contributed by atoms with Gasteiger partial charge in [0.15, 0.2) is 5.65 Å². The van der Waals surface area contributed by atoms with Crippen molar-refractivity contribution in [2.75, 3.05) is 18.2 Å². The Balaban J connectivity index is 1.54. The number of hydrogen-bond donors (Lipinski definition) is 1. The number of nitrogens with one attached hydrogen (secondary N) is 1. The SMILES string of the molecule is COc1ccc(-c2cnn3c(SCC(=O)Nc4ccc(F)cc4)cc(C)nc23)cc1. The highest BCUT2D eigenvalue weighted by molar-refractivity contribution is 7.99. The number of nitrogens with zero attached hydrogens (tertiary/aromatic N) is 3. The number of amides is 1. The van der Waals surface area contributed by atoms with Gasteiger partial charge >= 0.3 is 0 Å². The Morgan fingerprint density at radius 1 is 1.17 bits per heavy atom. The highest BCUT2D eigenvalue weighted by Gasteiger charge is 2.14. The molecule has 0 aliphatic heterocycles. The third-order valence-electron chi connectivity index (χ3n) is 4.45. The van der Waals surface area contributed by atoms with Crippen molar-refractivity contribution in [2.24, 2.45) is 0 Å². The molecule has 30 heavy (non-hydrogen) atoms. The van der Waals surface area contributed by atoms with E-state index in [9.17, 15) is 9.18 Å². The minimum Gasteiger partial charge on any atom is -0.497 e. The highest BCUT2D eigenvalue weighted by atomic mass is 32.2. The molecule has 6 nitrogen and oxygen atoms in total. The van der Waals surface area contributed by atoms with E-state index in [1.165, 1.54) is 36.0 Å². The van der Waals surface area contributed by atoms with Crippen LogP contribution in [0.2, 0.25) is 0 Å². The van der Waals surface area contributed by atoms with Crippen molar-refractivity contribution in [3.8, 4) is 16.9 Å². The van der Waals surface area contributed by atoms with Gasteiger partial charge in [0, 0.05) is 16.9 Å². The third-order valence-corrected chi connectivity index (χ3v) is 5.44. The number of methoxy groups -OCH3 is 1. The van der Waals surface area contributed by atoms with Gasteiger partial charge in [-0.15, -0.1) is 0 Å². The van der Waals surface area contributed by atoms with Gasteiger partial charge in [0.2, 0.25) is 5.91 Å². The van der Waals surface area contributed by atoms with Crippen LogP contribution in [0, 0.1) is 12.7 Å². The summed E-state index contributed by atoms with van der Waals surface area (Å²) in [4.78, 5) is 16.9. The molecule has 0 bridgehead atoms. The number of carbonyl (C=O) groups is 1. The van der Waals surface area contributed by atoms with Crippen LogP contribution in [0.3, 0.4) is 0 Å². The number of benzene rings is 2. The number of rotatable bonds is 6. The minimum atomic E-state index is -0.344. The third kappa shape index (κ3) is 4.28. The van der Waals surface area contributed by atoms with Crippen LogP contribution in [-0.4, -0.2) is 33.4 Å². The van der Waals surface area contributed by atoms with Crippen molar-refractivity contribution in [3.63, 3.8) is 0 Å². The maximum absolute atomic E-state index is 13.0. The first-order chi connectivity index (χ1) is 14.5. The molecule has 8 heteroatoms. The number of carbonyl (C=O) groups excluding carboxylic acids is 1. The molecule has 2 heterocycles. The van der Waals surface area contributed by atoms with Crippen LogP contribution in [0.25, 0.3) is 16.8 Å². The molecule has 4 rings (SSSR count). The molecule has 0 aliphatic carbocycles. The van der Waals surface area contributed by atoms with Crippen LogP contribution < -0.4 is 10.1 Å². The van der Waals surface area contributed by atoms with Gasteiger partial charge in [-0.3, -0.25) is 4.79 Å². The first-order valence-corrected chi connectivity index (χ1v) is 10.2. The minimum absolute atomic E-state index is 0.184. The van der Waals surface area contributed by atoms with E-state index in [4.69, 9.17) is 4.74 Å². The van der Waals surface area contributed by atoms with E-state index in [1.807, 2.05) is 37.3 Å². The molecule has 0 atom stereocenters. The maximum atomic E-state index is 13.0. The smallest absolute Gasteiger partial charge is 0.234 e. The molecule has 2 aromatic heterocycles. The van der Waals surface area contributed by atoms with Crippen molar-refractivity contribution >= 4 is 29.0 Å². The number of halogens is 1. The zero-order chi connectivity index (χ0) is 21.1. The average Bonchev–Trinajstić information content (AvgIpc) is 3.17. The number of aryl methyl sites for hydroxylation is 1. The first kappa shape index (κ1) is 19.9. The van der Waals surface area contributed by atoms with Crippen molar-refractivity contribution in [2.45, 2.75) is 11.9 Å². The predicted octanol–water partition coefficient (Wildman–Crippen LogP) is 4.58. The second kappa shape index (κ2) is 8.54.